The summed E-state index contributed by atoms with van der Waals surface area (Å²) >= 11 is 0. The van der Waals surface area contributed by atoms with E-state index in [9.17, 15) is 8.42 Å². The fourth-order valence-electron chi connectivity index (χ4n) is 1.90. The van der Waals surface area contributed by atoms with Gasteiger partial charge in [-0.25, -0.2) is 13.6 Å². The van der Waals surface area contributed by atoms with E-state index in [-0.39, 0.29) is 11.7 Å². The zero-order valence-corrected chi connectivity index (χ0v) is 12.7. The summed E-state index contributed by atoms with van der Waals surface area (Å²) < 4.78 is 27.5. The molecule has 5 heteroatoms. The molecule has 1 unspecified atom stereocenters. The van der Waals surface area contributed by atoms with Crippen molar-refractivity contribution in [1.29, 1.82) is 0 Å². The van der Waals surface area contributed by atoms with Crippen molar-refractivity contribution in [1.82, 2.24) is 0 Å². The number of primary sulfonamides is 1. The second-order valence-corrected chi connectivity index (χ2v) is 6.85. The molecule has 19 heavy (non-hydrogen) atoms. The van der Waals surface area contributed by atoms with E-state index in [1.54, 1.807) is 0 Å². The van der Waals surface area contributed by atoms with Gasteiger partial charge in [-0.05, 0) is 43.7 Å². The summed E-state index contributed by atoms with van der Waals surface area (Å²) in [7, 11) is -3.35. The number of nitrogens with two attached hydrogens (primary N) is 1. The van der Waals surface area contributed by atoms with Gasteiger partial charge in [0.05, 0.1) is 12.4 Å². The number of para-hydroxylation sites is 1. The van der Waals surface area contributed by atoms with E-state index in [0.29, 0.717) is 13.0 Å². The Labute approximate surface area is 116 Å². The van der Waals surface area contributed by atoms with Gasteiger partial charge >= 0.3 is 0 Å². The normalized spacial score (nSPS) is 13.3. The van der Waals surface area contributed by atoms with Crippen molar-refractivity contribution in [2.45, 2.75) is 33.6 Å². The van der Waals surface area contributed by atoms with Crippen LogP contribution in [0, 0.1) is 19.8 Å². The maximum absolute atomic E-state index is 10.9. The third-order valence-corrected chi connectivity index (χ3v) is 3.97. The first kappa shape index (κ1) is 16.0. The summed E-state index contributed by atoms with van der Waals surface area (Å²) in [5, 5.41) is 4.98. The third-order valence-electron chi connectivity index (χ3n) is 3.16. The van der Waals surface area contributed by atoms with Crippen LogP contribution >= 0.6 is 0 Å². The monoisotopic (exact) mass is 285 g/mol. The van der Waals surface area contributed by atoms with Crippen LogP contribution in [0.2, 0.25) is 0 Å². The predicted molar refractivity (Wildman–Crippen MR) is 77.8 cm³/mol. The minimum absolute atomic E-state index is 0.0392. The molecule has 0 radical (unpaired) electrons. The van der Waals surface area contributed by atoms with Gasteiger partial charge in [-0.1, -0.05) is 25.1 Å². The Balaban J connectivity index is 2.38. The second-order valence-electron chi connectivity index (χ2n) is 5.12. The first-order chi connectivity index (χ1) is 8.79. The van der Waals surface area contributed by atoms with Gasteiger partial charge in [0.15, 0.2) is 0 Å². The number of hydrogen-bond donors (Lipinski definition) is 1. The van der Waals surface area contributed by atoms with Crippen LogP contribution in [0.3, 0.4) is 0 Å². The summed E-state index contributed by atoms with van der Waals surface area (Å²) in [5.41, 5.74) is 2.24. The predicted octanol–water partition coefficient (Wildman–Crippen LogP) is 2.39. The van der Waals surface area contributed by atoms with Gasteiger partial charge in [-0.3, -0.25) is 0 Å². The molecule has 0 bridgehead atoms. The number of rotatable bonds is 7. The molecule has 0 fully saturated rings. The first-order valence-electron chi connectivity index (χ1n) is 6.49. The number of ether oxygens (including phenoxy) is 1. The van der Waals surface area contributed by atoms with E-state index in [4.69, 9.17) is 9.88 Å². The van der Waals surface area contributed by atoms with Crippen molar-refractivity contribution in [3.8, 4) is 5.75 Å². The molecule has 0 aliphatic heterocycles. The topological polar surface area (TPSA) is 69.4 Å². The van der Waals surface area contributed by atoms with Gasteiger partial charge in [-0.15, -0.1) is 0 Å². The zero-order valence-electron chi connectivity index (χ0n) is 11.8. The lowest BCUT2D eigenvalue weighted by Crippen LogP contribution is -2.18. The Bertz CT molecular complexity index is 491. The molecule has 0 aliphatic rings. The van der Waals surface area contributed by atoms with Crippen molar-refractivity contribution in [3.63, 3.8) is 0 Å². The van der Waals surface area contributed by atoms with Gasteiger partial charge in [-0.2, -0.15) is 0 Å². The first-order valence-corrected chi connectivity index (χ1v) is 8.20. The van der Waals surface area contributed by atoms with Crippen LogP contribution in [0.5, 0.6) is 5.75 Å². The Kier molecular flexibility index (Phi) is 5.82. The van der Waals surface area contributed by atoms with Gasteiger partial charge < -0.3 is 4.74 Å². The van der Waals surface area contributed by atoms with Crippen molar-refractivity contribution < 1.29 is 13.2 Å². The SMILES string of the molecule is Cc1cccc(C)c1OCCC(C)CCS(N)(=O)=O. The smallest absolute Gasteiger partial charge is 0.209 e. The highest BCUT2D eigenvalue weighted by atomic mass is 32.2. The van der Waals surface area contributed by atoms with E-state index in [2.05, 4.69) is 0 Å². The van der Waals surface area contributed by atoms with Crippen LogP contribution < -0.4 is 9.88 Å². The fraction of sp³-hybridized carbons (Fsp3) is 0.571. The summed E-state index contributed by atoms with van der Waals surface area (Å²) in [6.45, 7) is 6.65. The minimum atomic E-state index is -3.35. The van der Waals surface area contributed by atoms with Crippen molar-refractivity contribution >= 4 is 10.0 Å². The fourth-order valence-corrected chi connectivity index (χ4v) is 2.63. The molecular formula is C14H23NO3S. The van der Waals surface area contributed by atoms with Crippen LogP contribution in [0.15, 0.2) is 18.2 Å². The number of benzene rings is 1. The molecule has 0 saturated carbocycles. The standard InChI is InChI=1S/C14H23NO3S/c1-11(8-10-19(15,16)17)7-9-18-14-12(2)5-4-6-13(14)3/h4-6,11H,7-10H2,1-3H3,(H2,15,16,17). The average Bonchev–Trinajstić information content (AvgIpc) is 2.29. The Morgan fingerprint density at radius 2 is 1.79 bits per heavy atom. The van der Waals surface area contributed by atoms with E-state index >= 15 is 0 Å². The maximum Gasteiger partial charge on any atom is 0.209 e. The van der Waals surface area contributed by atoms with Crippen LogP contribution in [0.25, 0.3) is 0 Å². The van der Waals surface area contributed by atoms with Crippen LogP contribution in [0.1, 0.15) is 30.9 Å². The molecule has 2 N–H and O–H groups in total. The van der Waals surface area contributed by atoms with E-state index in [1.807, 2.05) is 39.0 Å². The molecule has 108 valence electrons. The number of hydrogen-bond acceptors (Lipinski definition) is 3. The molecule has 1 aromatic rings. The molecular weight excluding hydrogens is 262 g/mol. The van der Waals surface area contributed by atoms with Gasteiger partial charge in [0.25, 0.3) is 0 Å². The Hall–Kier alpha value is -1.07. The summed E-state index contributed by atoms with van der Waals surface area (Å²) in [5.74, 6) is 1.25. The Morgan fingerprint density at radius 3 is 2.32 bits per heavy atom. The minimum Gasteiger partial charge on any atom is -0.493 e. The maximum atomic E-state index is 10.9. The van der Waals surface area contributed by atoms with E-state index < -0.39 is 10.0 Å². The molecule has 0 amide bonds. The van der Waals surface area contributed by atoms with E-state index in [1.165, 1.54) is 0 Å². The molecule has 1 aromatic carbocycles. The average molecular weight is 285 g/mol. The summed E-state index contributed by atoms with van der Waals surface area (Å²) in [4.78, 5) is 0. The van der Waals surface area contributed by atoms with Crippen LogP contribution in [-0.2, 0) is 10.0 Å². The van der Waals surface area contributed by atoms with E-state index in [0.717, 1.165) is 23.3 Å². The van der Waals surface area contributed by atoms with Gasteiger partial charge in [0.1, 0.15) is 5.75 Å². The van der Waals surface area contributed by atoms with Crippen molar-refractivity contribution in [2.24, 2.45) is 11.1 Å². The highest BCUT2D eigenvalue weighted by molar-refractivity contribution is 7.89. The number of sulfonamides is 1. The van der Waals surface area contributed by atoms with Gasteiger partial charge in [0, 0.05) is 0 Å². The summed E-state index contributed by atoms with van der Waals surface area (Å²) in [6.07, 6.45) is 1.40. The van der Waals surface area contributed by atoms with Crippen molar-refractivity contribution in [3.05, 3.63) is 29.3 Å². The summed E-state index contributed by atoms with van der Waals surface area (Å²) in [6, 6.07) is 6.05. The third kappa shape index (κ3) is 6.07. The lowest BCUT2D eigenvalue weighted by Gasteiger charge is -2.14. The molecule has 0 saturated heterocycles. The molecule has 1 rings (SSSR count). The quantitative estimate of drug-likeness (QED) is 0.836. The largest absolute Gasteiger partial charge is 0.493 e. The second kappa shape index (κ2) is 6.91. The molecule has 4 nitrogen and oxygen atoms in total. The highest BCUT2D eigenvalue weighted by Crippen LogP contribution is 2.23. The molecule has 0 heterocycles. The van der Waals surface area contributed by atoms with Gasteiger partial charge in [0.2, 0.25) is 10.0 Å². The zero-order chi connectivity index (χ0) is 14.5. The van der Waals surface area contributed by atoms with Crippen LogP contribution in [0.4, 0.5) is 0 Å². The van der Waals surface area contributed by atoms with Crippen LogP contribution in [-0.4, -0.2) is 20.8 Å². The Morgan fingerprint density at radius 1 is 1.21 bits per heavy atom. The molecule has 0 aliphatic carbocycles. The number of aryl methyl sites for hydroxylation is 2. The molecule has 1 atom stereocenters. The lowest BCUT2D eigenvalue weighted by molar-refractivity contribution is 0.278. The lowest BCUT2D eigenvalue weighted by atomic mass is 10.1. The highest BCUT2D eigenvalue weighted by Gasteiger charge is 2.09. The molecule has 0 spiro atoms. The molecule has 0 aromatic heterocycles. The van der Waals surface area contributed by atoms with Crippen molar-refractivity contribution in [2.75, 3.05) is 12.4 Å².